The fraction of sp³-hybridized carbons (Fsp3) is 0.444. The third-order valence-corrected chi connectivity index (χ3v) is 5.38. The second-order valence-electron chi connectivity index (χ2n) is 6.07. The Morgan fingerprint density at radius 2 is 2.00 bits per heavy atom. The van der Waals surface area contributed by atoms with Crippen LogP contribution in [0.25, 0.3) is 0 Å². The van der Waals surface area contributed by atoms with Crippen molar-refractivity contribution < 1.29 is 14.3 Å². The first-order valence-corrected chi connectivity index (χ1v) is 9.31. The van der Waals surface area contributed by atoms with Gasteiger partial charge in [0.15, 0.2) is 0 Å². The van der Waals surface area contributed by atoms with Gasteiger partial charge in [-0.15, -0.1) is 11.8 Å². The second kappa shape index (κ2) is 7.75. The topological polar surface area (TPSA) is 67.4 Å². The number of anilines is 1. The molecule has 0 atom stereocenters. The molecule has 3 rings (SSSR count). The van der Waals surface area contributed by atoms with E-state index in [-0.39, 0.29) is 17.9 Å². The van der Waals surface area contributed by atoms with E-state index < -0.39 is 0 Å². The van der Waals surface area contributed by atoms with Crippen molar-refractivity contribution in [2.45, 2.75) is 38.6 Å². The van der Waals surface area contributed by atoms with Gasteiger partial charge in [0.2, 0.25) is 0 Å². The van der Waals surface area contributed by atoms with Gasteiger partial charge >= 0.3 is 0 Å². The zero-order valence-electron chi connectivity index (χ0n) is 13.8. The molecule has 0 spiro atoms. The van der Waals surface area contributed by atoms with Crippen molar-refractivity contribution in [1.82, 2.24) is 5.32 Å². The number of carbonyl (C=O) groups excluding carboxylic acids is 2. The van der Waals surface area contributed by atoms with E-state index in [1.165, 1.54) is 24.6 Å². The van der Waals surface area contributed by atoms with Crippen LogP contribution in [0.1, 0.15) is 43.0 Å². The Bertz CT molecular complexity index is 666. The van der Waals surface area contributed by atoms with Crippen molar-refractivity contribution in [3.63, 3.8) is 0 Å². The van der Waals surface area contributed by atoms with Crippen LogP contribution < -0.4 is 10.6 Å². The lowest BCUT2D eigenvalue weighted by Crippen LogP contribution is -2.32. The minimum Gasteiger partial charge on any atom is -0.496 e. The fourth-order valence-corrected chi connectivity index (χ4v) is 3.81. The Labute approximate surface area is 146 Å². The summed E-state index contributed by atoms with van der Waals surface area (Å²) in [6.45, 7) is 2.43. The number of hydrogen-bond acceptors (Lipinski definition) is 4. The summed E-state index contributed by atoms with van der Waals surface area (Å²) in [5.41, 5.74) is 1.18. The second-order valence-corrected chi connectivity index (χ2v) is 7.18. The van der Waals surface area contributed by atoms with Crippen LogP contribution in [0.3, 0.4) is 0 Å². The number of amides is 2. The lowest BCUT2D eigenvalue weighted by Gasteiger charge is -2.18. The molecule has 0 bridgehead atoms. The summed E-state index contributed by atoms with van der Waals surface area (Å²) in [6, 6.07) is 7.33. The molecule has 1 aromatic rings. The largest absolute Gasteiger partial charge is 0.496 e. The van der Waals surface area contributed by atoms with E-state index in [0.717, 1.165) is 18.6 Å². The molecule has 1 heterocycles. The summed E-state index contributed by atoms with van der Waals surface area (Å²) in [4.78, 5) is 25.3. The van der Waals surface area contributed by atoms with Gasteiger partial charge in [0.05, 0.1) is 6.61 Å². The van der Waals surface area contributed by atoms with E-state index in [1.54, 1.807) is 31.2 Å². The van der Waals surface area contributed by atoms with E-state index in [2.05, 4.69) is 10.6 Å². The van der Waals surface area contributed by atoms with Gasteiger partial charge < -0.3 is 15.4 Å². The van der Waals surface area contributed by atoms with Gasteiger partial charge in [0, 0.05) is 23.0 Å². The maximum atomic E-state index is 12.4. The molecule has 2 amide bonds. The number of ether oxygens (including phenoxy) is 1. The molecule has 0 radical (unpaired) electrons. The average molecular weight is 346 g/mol. The molecule has 6 heteroatoms. The van der Waals surface area contributed by atoms with E-state index in [4.69, 9.17) is 4.74 Å². The lowest BCUT2D eigenvalue weighted by molar-refractivity contribution is -0.112. The molecular formula is C18H22N2O3S. The highest BCUT2D eigenvalue weighted by molar-refractivity contribution is 8.04. The third-order valence-electron chi connectivity index (χ3n) is 4.25. The van der Waals surface area contributed by atoms with Crippen molar-refractivity contribution in [2.24, 2.45) is 0 Å². The molecule has 2 N–H and O–H groups in total. The quantitative estimate of drug-likeness (QED) is 0.878. The monoisotopic (exact) mass is 346 g/mol. The normalized spacial score (nSPS) is 18.2. The van der Waals surface area contributed by atoms with Crippen LogP contribution in [-0.4, -0.2) is 30.2 Å². The zero-order valence-corrected chi connectivity index (χ0v) is 14.6. The van der Waals surface area contributed by atoms with Crippen LogP contribution >= 0.6 is 11.8 Å². The molecule has 5 nitrogen and oxygen atoms in total. The van der Waals surface area contributed by atoms with Crippen molar-refractivity contribution in [2.75, 3.05) is 17.7 Å². The van der Waals surface area contributed by atoms with E-state index in [9.17, 15) is 9.59 Å². The smallest absolute Gasteiger partial charge is 0.265 e. The van der Waals surface area contributed by atoms with Crippen LogP contribution in [0.15, 0.2) is 34.9 Å². The first-order valence-electron chi connectivity index (χ1n) is 8.32. The Morgan fingerprint density at radius 3 is 2.75 bits per heavy atom. The van der Waals surface area contributed by atoms with Crippen LogP contribution in [0, 0.1) is 0 Å². The molecule has 1 saturated carbocycles. The first kappa shape index (κ1) is 16.9. The molecule has 24 heavy (non-hydrogen) atoms. The molecule has 0 saturated heterocycles. The van der Waals surface area contributed by atoms with Gasteiger partial charge in [0.1, 0.15) is 10.7 Å². The number of thioether (sulfide) groups is 1. The van der Waals surface area contributed by atoms with Crippen molar-refractivity contribution in [1.29, 1.82) is 0 Å². The van der Waals surface area contributed by atoms with E-state index in [1.807, 2.05) is 0 Å². The molecule has 1 aliphatic carbocycles. The minimum atomic E-state index is -0.189. The van der Waals surface area contributed by atoms with Crippen molar-refractivity contribution >= 4 is 29.3 Å². The lowest BCUT2D eigenvalue weighted by atomic mass is 10.1. The predicted molar refractivity (Wildman–Crippen MR) is 95.9 cm³/mol. The van der Waals surface area contributed by atoms with Gasteiger partial charge in [-0.05, 0) is 38.0 Å². The van der Waals surface area contributed by atoms with Crippen molar-refractivity contribution in [3.8, 4) is 0 Å². The van der Waals surface area contributed by atoms with Gasteiger partial charge in [-0.1, -0.05) is 18.9 Å². The van der Waals surface area contributed by atoms with Gasteiger partial charge in [0.25, 0.3) is 11.8 Å². The summed E-state index contributed by atoms with van der Waals surface area (Å²) in [5, 5.41) is 5.91. The molecule has 1 fully saturated rings. The number of allylic oxidation sites excluding steroid dienone is 1. The number of nitrogens with one attached hydrogen (secondary N) is 2. The van der Waals surface area contributed by atoms with Gasteiger partial charge in [-0.25, -0.2) is 0 Å². The average Bonchev–Trinajstić information content (AvgIpc) is 3.08. The Hall–Kier alpha value is -1.95. The predicted octanol–water partition coefficient (Wildman–Crippen LogP) is 3.29. The van der Waals surface area contributed by atoms with E-state index >= 15 is 0 Å². The number of hydrogen-bond donors (Lipinski definition) is 2. The maximum absolute atomic E-state index is 12.4. The number of benzene rings is 1. The Balaban J connectivity index is 1.66. The summed E-state index contributed by atoms with van der Waals surface area (Å²) in [5.74, 6) is 1.15. The molecule has 0 unspecified atom stereocenters. The van der Waals surface area contributed by atoms with Gasteiger partial charge in [-0.3, -0.25) is 9.59 Å². The van der Waals surface area contributed by atoms with E-state index in [0.29, 0.717) is 28.5 Å². The summed E-state index contributed by atoms with van der Waals surface area (Å²) < 4.78 is 5.42. The molecular weight excluding hydrogens is 324 g/mol. The fourth-order valence-electron chi connectivity index (χ4n) is 3.00. The molecule has 2 aliphatic rings. The number of rotatable bonds is 4. The van der Waals surface area contributed by atoms with Crippen LogP contribution in [0.4, 0.5) is 5.69 Å². The Morgan fingerprint density at radius 1 is 1.21 bits per heavy atom. The highest BCUT2D eigenvalue weighted by Gasteiger charge is 2.20. The van der Waals surface area contributed by atoms with Crippen LogP contribution in [0.5, 0.6) is 0 Å². The summed E-state index contributed by atoms with van der Waals surface area (Å²) in [7, 11) is 0. The van der Waals surface area contributed by atoms with Crippen LogP contribution in [-0.2, 0) is 9.53 Å². The summed E-state index contributed by atoms with van der Waals surface area (Å²) in [6.07, 6.45) is 4.45. The Kier molecular flexibility index (Phi) is 5.45. The first-order chi connectivity index (χ1) is 11.6. The standard InChI is InChI=1S/C18H22N2O3S/c1-12-16(24-10-9-23-12)18(22)20-15-8-4-5-13(11-15)17(21)19-14-6-2-3-7-14/h4-5,8,11,14H,2-3,6-7,9-10H2,1H3,(H,19,21)(H,20,22). The number of carbonyl (C=O) groups is 2. The minimum absolute atomic E-state index is 0.0798. The molecule has 1 aromatic carbocycles. The van der Waals surface area contributed by atoms with Crippen molar-refractivity contribution in [3.05, 3.63) is 40.5 Å². The molecule has 128 valence electrons. The zero-order chi connectivity index (χ0) is 16.9. The maximum Gasteiger partial charge on any atom is 0.265 e. The summed E-state index contributed by atoms with van der Waals surface area (Å²) >= 11 is 1.49. The SMILES string of the molecule is CC1=C(C(=O)Nc2cccc(C(=O)NC3CCCC3)c2)SCCO1. The third kappa shape index (κ3) is 4.12. The highest BCUT2D eigenvalue weighted by Crippen LogP contribution is 2.26. The highest BCUT2D eigenvalue weighted by atomic mass is 32.2. The van der Waals surface area contributed by atoms with Crippen LogP contribution in [0.2, 0.25) is 0 Å². The van der Waals surface area contributed by atoms with Gasteiger partial charge in [-0.2, -0.15) is 0 Å². The molecule has 0 aromatic heterocycles. The molecule has 1 aliphatic heterocycles.